The van der Waals surface area contributed by atoms with Crippen LogP contribution in [0.2, 0.25) is 0 Å². The number of carbonyl (C=O) groups excluding carboxylic acids is 1. The summed E-state index contributed by atoms with van der Waals surface area (Å²) in [5.74, 6) is -0.207. The first-order valence-electron chi connectivity index (χ1n) is 5.07. The average molecular weight is 202 g/mol. The van der Waals surface area contributed by atoms with Crippen LogP contribution in [-0.4, -0.2) is 31.7 Å². The third kappa shape index (κ3) is 4.58. The molecule has 4 heteroatoms. The number of nitrogens with two attached hydrogens (primary N) is 1. The zero-order chi connectivity index (χ0) is 11.1. The highest BCUT2D eigenvalue weighted by Crippen LogP contribution is 2.05. The summed E-state index contributed by atoms with van der Waals surface area (Å²) in [5, 5.41) is 3.20. The summed E-state index contributed by atoms with van der Waals surface area (Å²) in [5.41, 5.74) is 5.31. The Morgan fingerprint density at radius 2 is 2.07 bits per heavy atom. The normalized spacial score (nSPS) is 17.4. The lowest BCUT2D eigenvalue weighted by atomic mass is 10.0. The monoisotopic (exact) mass is 202 g/mol. The lowest BCUT2D eigenvalue weighted by molar-refractivity contribution is -0.121. The fourth-order valence-corrected chi connectivity index (χ4v) is 1.31. The number of rotatable bonds is 7. The van der Waals surface area contributed by atoms with E-state index < -0.39 is 0 Å². The molecule has 0 aromatic heterocycles. The fourth-order valence-electron chi connectivity index (χ4n) is 1.31. The first kappa shape index (κ1) is 13.4. The second-order valence-corrected chi connectivity index (χ2v) is 3.79. The molecule has 0 radical (unpaired) electrons. The van der Waals surface area contributed by atoms with Crippen molar-refractivity contribution in [3.8, 4) is 0 Å². The summed E-state index contributed by atoms with van der Waals surface area (Å²) >= 11 is 0. The molecule has 0 aliphatic carbocycles. The minimum absolute atomic E-state index is 0.103. The molecular formula is C10H22N2O2. The Hall–Kier alpha value is -0.610. The Kier molecular flexibility index (Phi) is 6.49. The maximum absolute atomic E-state index is 11.2. The quantitative estimate of drug-likeness (QED) is 0.632. The van der Waals surface area contributed by atoms with E-state index in [1.807, 2.05) is 13.8 Å². The van der Waals surface area contributed by atoms with E-state index in [-0.39, 0.29) is 17.9 Å². The molecule has 3 unspecified atom stereocenters. The van der Waals surface area contributed by atoms with Gasteiger partial charge < -0.3 is 15.8 Å². The Morgan fingerprint density at radius 1 is 1.50 bits per heavy atom. The van der Waals surface area contributed by atoms with Crippen LogP contribution in [-0.2, 0) is 9.53 Å². The molecule has 0 aliphatic heterocycles. The molecule has 0 heterocycles. The van der Waals surface area contributed by atoms with E-state index in [1.165, 1.54) is 0 Å². The first-order valence-corrected chi connectivity index (χ1v) is 5.07. The van der Waals surface area contributed by atoms with E-state index in [0.29, 0.717) is 12.6 Å². The smallest absolute Gasteiger partial charge is 0.234 e. The summed E-state index contributed by atoms with van der Waals surface area (Å²) in [7, 11) is 1.62. The van der Waals surface area contributed by atoms with Gasteiger partial charge in [-0.1, -0.05) is 13.8 Å². The van der Waals surface area contributed by atoms with Crippen LogP contribution in [0.25, 0.3) is 0 Å². The van der Waals surface area contributed by atoms with Gasteiger partial charge >= 0.3 is 0 Å². The first-order chi connectivity index (χ1) is 6.52. The van der Waals surface area contributed by atoms with Crippen molar-refractivity contribution < 1.29 is 9.53 Å². The molecule has 84 valence electrons. The Morgan fingerprint density at radius 3 is 2.43 bits per heavy atom. The van der Waals surface area contributed by atoms with Crippen molar-refractivity contribution in [1.29, 1.82) is 0 Å². The van der Waals surface area contributed by atoms with E-state index in [0.717, 1.165) is 6.42 Å². The highest BCUT2D eigenvalue weighted by Gasteiger charge is 2.23. The van der Waals surface area contributed by atoms with Crippen LogP contribution in [0.5, 0.6) is 0 Å². The van der Waals surface area contributed by atoms with Gasteiger partial charge in [0.25, 0.3) is 0 Å². The molecule has 0 fully saturated rings. The lowest BCUT2D eigenvalue weighted by Crippen LogP contribution is -2.50. The molecule has 0 spiro atoms. The molecule has 14 heavy (non-hydrogen) atoms. The standard InChI is InChI=1S/C10H22N2O2/c1-5-8(3)12-9(10(11)13)7(2)6-14-4/h7-9,12H,5-6H2,1-4H3,(H2,11,13). The van der Waals surface area contributed by atoms with Gasteiger partial charge in [0, 0.05) is 19.1 Å². The molecule has 0 saturated heterocycles. The number of primary amides is 1. The van der Waals surface area contributed by atoms with Gasteiger partial charge in [0.05, 0.1) is 12.6 Å². The van der Waals surface area contributed by atoms with Crippen molar-refractivity contribution in [2.45, 2.75) is 39.3 Å². The van der Waals surface area contributed by atoms with E-state index >= 15 is 0 Å². The largest absolute Gasteiger partial charge is 0.384 e. The second kappa shape index (κ2) is 6.79. The molecule has 3 N–H and O–H groups in total. The molecule has 0 saturated carbocycles. The van der Waals surface area contributed by atoms with Crippen molar-refractivity contribution in [2.75, 3.05) is 13.7 Å². The molecule has 3 atom stereocenters. The summed E-state index contributed by atoms with van der Waals surface area (Å²) in [4.78, 5) is 11.2. The number of hydrogen-bond donors (Lipinski definition) is 2. The number of amides is 1. The molecule has 0 bridgehead atoms. The van der Waals surface area contributed by atoms with Crippen LogP contribution in [0.15, 0.2) is 0 Å². The Bertz CT molecular complexity index is 174. The predicted molar refractivity (Wildman–Crippen MR) is 56.9 cm³/mol. The maximum Gasteiger partial charge on any atom is 0.234 e. The molecule has 0 rings (SSSR count). The SMILES string of the molecule is CCC(C)NC(C(N)=O)C(C)COC. The van der Waals surface area contributed by atoms with Crippen molar-refractivity contribution >= 4 is 5.91 Å². The zero-order valence-electron chi connectivity index (χ0n) is 9.54. The van der Waals surface area contributed by atoms with Crippen molar-refractivity contribution in [3.05, 3.63) is 0 Å². The third-order valence-corrected chi connectivity index (χ3v) is 2.38. The molecule has 4 nitrogen and oxygen atoms in total. The highest BCUT2D eigenvalue weighted by molar-refractivity contribution is 5.80. The Labute approximate surface area is 86.2 Å². The zero-order valence-corrected chi connectivity index (χ0v) is 9.54. The fraction of sp³-hybridized carbons (Fsp3) is 0.900. The van der Waals surface area contributed by atoms with Gasteiger partial charge in [-0.15, -0.1) is 0 Å². The summed E-state index contributed by atoms with van der Waals surface area (Å²) < 4.78 is 5.00. The van der Waals surface area contributed by atoms with Crippen LogP contribution in [0, 0.1) is 5.92 Å². The summed E-state index contributed by atoms with van der Waals surface area (Å²) in [6, 6.07) is -0.00305. The van der Waals surface area contributed by atoms with Gasteiger partial charge in [0.2, 0.25) is 5.91 Å². The summed E-state index contributed by atoms with van der Waals surface area (Å²) in [6.45, 7) is 6.59. The maximum atomic E-state index is 11.2. The van der Waals surface area contributed by atoms with Crippen LogP contribution in [0.1, 0.15) is 27.2 Å². The van der Waals surface area contributed by atoms with Crippen LogP contribution < -0.4 is 11.1 Å². The van der Waals surface area contributed by atoms with Crippen molar-refractivity contribution in [1.82, 2.24) is 5.32 Å². The molecule has 0 aromatic rings. The van der Waals surface area contributed by atoms with Crippen LogP contribution in [0.3, 0.4) is 0 Å². The predicted octanol–water partition coefficient (Wildman–Crippen LogP) is 0.511. The average Bonchev–Trinajstić information content (AvgIpc) is 2.13. The van der Waals surface area contributed by atoms with Gasteiger partial charge in [-0.3, -0.25) is 4.79 Å². The van der Waals surface area contributed by atoms with E-state index in [2.05, 4.69) is 12.2 Å². The summed E-state index contributed by atoms with van der Waals surface area (Å²) in [6.07, 6.45) is 0.976. The van der Waals surface area contributed by atoms with Crippen molar-refractivity contribution in [2.24, 2.45) is 11.7 Å². The number of nitrogens with one attached hydrogen (secondary N) is 1. The van der Waals surface area contributed by atoms with Gasteiger partial charge in [-0.2, -0.15) is 0 Å². The third-order valence-electron chi connectivity index (χ3n) is 2.38. The number of carbonyl (C=O) groups is 1. The van der Waals surface area contributed by atoms with Crippen molar-refractivity contribution in [3.63, 3.8) is 0 Å². The van der Waals surface area contributed by atoms with E-state index in [4.69, 9.17) is 10.5 Å². The minimum atomic E-state index is -0.310. The number of ether oxygens (including phenoxy) is 1. The molecular weight excluding hydrogens is 180 g/mol. The number of hydrogen-bond acceptors (Lipinski definition) is 3. The lowest BCUT2D eigenvalue weighted by Gasteiger charge is -2.24. The second-order valence-electron chi connectivity index (χ2n) is 3.79. The Balaban J connectivity index is 4.21. The van der Waals surface area contributed by atoms with Gasteiger partial charge in [0.15, 0.2) is 0 Å². The van der Waals surface area contributed by atoms with E-state index in [9.17, 15) is 4.79 Å². The molecule has 1 amide bonds. The topological polar surface area (TPSA) is 64.3 Å². The highest BCUT2D eigenvalue weighted by atomic mass is 16.5. The number of methoxy groups -OCH3 is 1. The minimum Gasteiger partial charge on any atom is -0.384 e. The van der Waals surface area contributed by atoms with Gasteiger partial charge in [-0.25, -0.2) is 0 Å². The van der Waals surface area contributed by atoms with Crippen LogP contribution in [0.4, 0.5) is 0 Å². The van der Waals surface area contributed by atoms with Gasteiger partial charge in [0.1, 0.15) is 0 Å². The molecule has 0 aliphatic rings. The van der Waals surface area contributed by atoms with Gasteiger partial charge in [-0.05, 0) is 13.3 Å². The molecule has 0 aromatic carbocycles. The van der Waals surface area contributed by atoms with Crippen LogP contribution >= 0.6 is 0 Å². The van der Waals surface area contributed by atoms with E-state index in [1.54, 1.807) is 7.11 Å².